The molecule has 1 amide bonds. The van der Waals surface area contributed by atoms with Gasteiger partial charge in [-0.3, -0.25) is 4.79 Å². The van der Waals surface area contributed by atoms with Crippen LogP contribution in [0.3, 0.4) is 0 Å². The number of benzene rings is 1. The first-order valence-electron chi connectivity index (χ1n) is 6.12. The summed E-state index contributed by atoms with van der Waals surface area (Å²) >= 11 is 3.43. The minimum atomic E-state index is -0.385. The maximum atomic E-state index is 11.4. The lowest BCUT2D eigenvalue weighted by Gasteiger charge is -2.25. The van der Waals surface area contributed by atoms with E-state index < -0.39 is 0 Å². The first-order valence-corrected chi connectivity index (χ1v) is 6.91. The van der Waals surface area contributed by atoms with Crippen molar-refractivity contribution in [1.29, 1.82) is 0 Å². The van der Waals surface area contributed by atoms with Gasteiger partial charge in [0, 0.05) is 24.1 Å². The topological polar surface area (TPSA) is 58.4 Å². The molecule has 0 radical (unpaired) electrons. The van der Waals surface area contributed by atoms with Crippen LogP contribution in [0.5, 0.6) is 0 Å². The van der Waals surface area contributed by atoms with Crippen molar-refractivity contribution in [3.05, 3.63) is 28.2 Å². The first kappa shape index (κ1) is 13.4. The highest BCUT2D eigenvalue weighted by Crippen LogP contribution is 2.25. The van der Waals surface area contributed by atoms with Crippen LogP contribution in [-0.2, 0) is 0 Å². The van der Waals surface area contributed by atoms with Gasteiger partial charge in [-0.2, -0.15) is 0 Å². The molecule has 1 aliphatic rings. The van der Waals surface area contributed by atoms with Gasteiger partial charge in [-0.1, -0.05) is 15.9 Å². The zero-order valence-electron chi connectivity index (χ0n) is 10.4. The van der Waals surface area contributed by atoms with Gasteiger partial charge in [0.05, 0.1) is 11.3 Å². The number of carbonyl (C=O) groups excluding carboxylic acids is 1. The number of anilines is 1. The second-order valence-electron chi connectivity index (χ2n) is 4.70. The Hall–Kier alpha value is -1.07. The summed E-state index contributed by atoms with van der Waals surface area (Å²) in [5.41, 5.74) is 6.86. The van der Waals surface area contributed by atoms with E-state index >= 15 is 0 Å². The molecule has 18 heavy (non-hydrogen) atoms. The van der Waals surface area contributed by atoms with Crippen LogP contribution < -0.4 is 16.0 Å². The molecule has 1 atom stereocenters. The van der Waals surface area contributed by atoms with E-state index in [2.05, 4.69) is 26.1 Å². The van der Waals surface area contributed by atoms with E-state index in [1.807, 2.05) is 19.2 Å². The lowest BCUT2D eigenvalue weighted by Crippen LogP contribution is -2.36. The van der Waals surface area contributed by atoms with Gasteiger partial charge < -0.3 is 16.0 Å². The SMILES string of the molecule is CN(CC1CCCN1)c1cc(Br)ccc1C(N)=O. The third-order valence-corrected chi connectivity index (χ3v) is 3.79. The van der Waals surface area contributed by atoms with Crippen molar-refractivity contribution in [1.82, 2.24) is 5.32 Å². The van der Waals surface area contributed by atoms with Gasteiger partial charge in [-0.25, -0.2) is 0 Å². The number of amides is 1. The fraction of sp³-hybridized carbons (Fsp3) is 0.462. The van der Waals surface area contributed by atoms with Gasteiger partial charge in [0.2, 0.25) is 0 Å². The molecule has 1 unspecified atom stereocenters. The maximum absolute atomic E-state index is 11.4. The van der Waals surface area contributed by atoms with Crippen LogP contribution in [0, 0.1) is 0 Å². The smallest absolute Gasteiger partial charge is 0.250 e. The molecule has 4 nitrogen and oxygen atoms in total. The summed E-state index contributed by atoms with van der Waals surface area (Å²) in [4.78, 5) is 13.5. The van der Waals surface area contributed by atoms with E-state index in [0.717, 1.165) is 23.2 Å². The highest BCUT2D eigenvalue weighted by Gasteiger charge is 2.19. The van der Waals surface area contributed by atoms with Crippen LogP contribution in [-0.4, -0.2) is 32.1 Å². The van der Waals surface area contributed by atoms with Crippen molar-refractivity contribution < 1.29 is 4.79 Å². The zero-order chi connectivity index (χ0) is 13.1. The number of hydrogen-bond acceptors (Lipinski definition) is 3. The fourth-order valence-corrected chi connectivity index (χ4v) is 2.72. The van der Waals surface area contributed by atoms with E-state index in [1.54, 1.807) is 6.07 Å². The molecule has 0 aromatic heterocycles. The summed E-state index contributed by atoms with van der Waals surface area (Å²) in [5.74, 6) is -0.385. The molecule has 3 N–H and O–H groups in total. The molecule has 1 aromatic rings. The van der Waals surface area contributed by atoms with E-state index in [9.17, 15) is 4.79 Å². The number of nitrogens with zero attached hydrogens (tertiary/aromatic N) is 1. The van der Waals surface area contributed by atoms with Crippen molar-refractivity contribution in [3.63, 3.8) is 0 Å². The number of likely N-dealkylation sites (N-methyl/N-ethyl adjacent to an activating group) is 1. The van der Waals surface area contributed by atoms with Crippen molar-refractivity contribution in [2.24, 2.45) is 5.73 Å². The van der Waals surface area contributed by atoms with Crippen molar-refractivity contribution in [2.45, 2.75) is 18.9 Å². The largest absolute Gasteiger partial charge is 0.372 e. The Labute approximate surface area is 116 Å². The normalized spacial score (nSPS) is 18.9. The Balaban J connectivity index is 2.19. The Morgan fingerprint density at radius 3 is 3.00 bits per heavy atom. The molecule has 1 aliphatic heterocycles. The number of nitrogens with two attached hydrogens (primary N) is 1. The monoisotopic (exact) mass is 311 g/mol. The minimum Gasteiger partial charge on any atom is -0.372 e. The average molecular weight is 312 g/mol. The van der Waals surface area contributed by atoms with Crippen LogP contribution >= 0.6 is 15.9 Å². The number of rotatable bonds is 4. The molecule has 1 saturated heterocycles. The van der Waals surface area contributed by atoms with Gasteiger partial charge in [0.25, 0.3) is 5.91 Å². The molecule has 0 saturated carbocycles. The molecule has 0 aliphatic carbocycles. The quantitative estimate of drug-likeness (QED) is 0.890. The predicted molar refractivity (Wildman–Crippen MR) is 77.0 cm³/mol. The second-order valence-corrected chi connectivity index (χ2v) is 5.62. The van der Waals surface area contributed by atoms with E-state index in [1.165, 1.54) is 12.8 Å². The second kappa shape index (κ2) is 5.71. The number of hydrogen-bond donors (Lipinski definition) is 2. The van der Waals surface area contributed by atoms with E-state index in [4.69, 9.17) is 5.73 Å². The van der Waals surface area contributed by atoms with Crippen LogP contribution in [0.2, 0.25) is 0 Å². The highest BCUT2D eigenvalue weighted by molar-refractivity contribution is 9.10. The lowest BCUT2D eigenvalue weighted by atomic mass is 10.1. The van der Waals surface area contributed by atoms with Crippen LogP contribution in [0.1, 0.15) is 23.2 Å². The highest BCUT2D eigenvalue weighted by atomic mass is 79.9. The summed E-state index contributed by atoms with van der Waals surface area (Å²) in [6, 6.07) is 6.04. The Bertz CT molecular complexity index is 444. The third-order valence-electron chi connectivity index (χ3n) is 3.29. The summed E-state index contributed by atoms with van der Waals surface area (Å²) in [5, 5.41) is 3.45. The Kier molecular flexibility index (Phi) is 4.24. The molecular weight excluding hydrogens is 294 g/mol. The zero-order valence-corrected chi connectivity index (χ0v) is 12.0. The molecule has 2 rings (SSSR count). The Morgan fingerprint density at radius 2 is 2.39 bits per heavy atom. The van der Waals surface area contributed by atoms with Crippen molar-refractivity contribution in [2.75, 3.05) is 25.0 Å². The number of primary amides is 1. The van der Waals surface area contributed by atoms with Crippen LogP contribution in [0.15, 0.2) is 22.7 Å². The van der Waals surface area contributed by atoms with E-state index in [-0.39, 0.29) is 5.91 Å². The number of carbonyl (C=O) groups is 1. The molecule has 1 aromatic carbocycles. The maximum Gasteiger partial charge on any atom is 0.250 e. The summed E-state index contributed by atoms with van der Waals surface area (Å²) in [7, 11) is 1.99. The lowest BCUT2D eigenvalue weighted by molar-refractivity contribution is 0.100. The molecule has 0 bridgehead atoms. The van der Waals surface area contributed by atoms with Crippen LogP contribution in [0.4, 0.5) is 5.69 Å². The predicted octanol–water partition coefficient (Wildman–Crippen LogP) is 1.74. The Morgan fingerprint density at radius 1 is 1.61 bits per heavy atom. The molecule has 1 fully saturated rings. The number of halogens is 1. The van der Waals surface area contributed by atoms with Gasteiger partial charge in [0.1, 0.15) is 0 Å². The van der Waals surface area contributed by atoms with Gasteiger partial charge >= 0.3 is 0 Å². The summed E-state index contributed by atoms with van der Waals surface area (Å²) in [6.07, 6.45) is 2.41. The molecular formula is C13H18BrN3O. The van der Waals surface area contributed by atoms with Crippen LogP contribution in [0.25, 0.3) is 0 Å². The summed E-state index contributed by atoms with van der Waals surface area (Å²) in [6.45, 7) is 1.97. The standard InChI is InChI=1S/C13H18BrN3O/c1-17(8-10-3-2-6-16-10)12-7-9(14)4-5-11(12)13(15)18/h4-5,7,10,16H,2-3,6,8H2,1H3,(H2,15,18). The molecule has 98 valence electrons. The summed E-state index contributed by atoms with van der Waals surface area (Å²) < 4.78 is 0.953. The average Bonchev–Trinajstić information content (AvgIpc) is 2.81. The molecule has 5 heteroatoms. The first-order chi connectivity index (χ1) is 8.58. The van der Waals surface area contributed by atoms with Crippen molar-refractivity contribution >= 4 is 27.5 Å². The van der Waals surface area contributed by atoms with Gasteiger partial charge in [0.15, 0.2) is 0 Å². The minimum absolute atomic E-state index is 0.385. The fourth-order valence-electron chi connectivity index (χ4n) is 2.37. The third kappa shape index (κ3) is 3.03. The van der Waals surface area contributed by atoms with Gasteiger partial charge in [-0.05, 0) is 37.6 Å². The number of nitrogens with one attached hydrogen (secondary N) is 1. The molecule has 0 spiro atoms. The molecule has 1 heterocycles. The van der Waals surface area contributed by atoms with E-state index in [0.29, 0.717) is 11.6 Å². The van der Waals surface area contributed by atoms with Crippen molar-refractivity contribution in [3.8, 4) is 0 Å². The van der Waals surface area contributed by atoms with Gasteiger partial charge in [-0.15, -0.1) is 0 Å².